The lowest BCUT2D eigenvalue weighted by Gasteiger charge is -2.23. The summed E-state index contributed by atoms with van der Waals surface area (Å²) >= 11 is 6.09. The Hall–Kier alpha value is -2.53. The third kappa shape index (κ3) is 4.42. The van der Waals surface area contributed by atoms with Gasteiger partial charge in [0.05, 0.1) is 18.2 Å². The number of halogens is 1. The first-order valence-corrected chi connectivity index (χ1v) is 9.22. The SMILES string of the molecule is CC(C)(C)OC(=O)N1C(=O)C(=CCCCc2ccoc2)c2ccc(Cl)cc21. The highest BCUT2D eigenvalue weighted by Gasteiger charge is 2.39. The van der Waals surface area contributed by atoms with E-state index in [0.29, 0.717) is 28.3 Å². The molecule has 0 saturated carbocycles. The summed E-state index contributed by atoms with van der Waals surface area (Å²) in [7, 11) is 0. The molecular weight excluding hydrogens is 366 g/mol. The van der Waals surface area contributed by atoms with Crippen LogP contribution in [0.1, 0.15) is 44.7 Å². The molecule has 1 aromatic carbocycles. The van der Waals surface area contributed by atoms with Gasteiger partial charge in [-0.1, -0.05) is 23.7 Å². The molecule has 2 heterocycles. The molecule has 0 spiro atoms. The van der Waals surface area contributed by atoms with Crippen LogP contribution in [0.3, 0.4) is 0 Å². The maximum atomic E-state index is 12.9. The smallest absolute Gasteiger partial charge is 0.422 e. The standard InChI is InChI=1S/C21H22ClNO4/c1-21(2,3)27-20(25)23-18-12-15(22)8-9-16(18)17(19(23)24)7-5-4-6-14-10-11-26-13-14/h7-13H,4-6H2,1-3H3. The fourth-order valence-electron chi connectivity index (χ4n) is 2.94. The zero-order chi connectivity index (χ0) is 19.6. The molecule has 1 aliphatic heterocycles. The maximum absolute atomic E-state index is 12.9. The Morgan fingerprint density at radius 2 is 2.07 bits per heavy atom. The number of furan rings is 1. The minimum atomic E-state index is -0.701. The summed E-state index contributed by atoms with van der Waals surface area (Å²) in [6.07, 6.45) is 6.97. The predicted molar refractivity (Wildman–Crippen MR) is 105 cm³/mol. The lowest BCUT2D eigenvalue weighted by molar-refractivity contribution is -0.112. The van der Waals surface area contributed by atoms with Gasteiger partial charge in [-0.05, 0) is 63.8 Å². The van der Waals surface area contributed by atoms with Crippen LogP contribution < -0.4 is 4.90 Å². The summed E-state index contributed by atoms with van der Waals surface area (Å²) in [5.41, 5.74) is 2.07. The molecule has 2 aromatic rings. The van der Waals surface area contributed by atoms with Gasteiger partial charge in [0.25, 0.3) is 5.91 Å². The molecule has 2 amide bonds. The van der Waals surface area contributed by atoms with Gasteiger partial charge in [0, 0.05) is 16.2 Å². The largest absolute Gasteiger partial charge is 0.472 e. The minimum Gasteiger partial charge on any atom is -0.472 e. The lowest BCUT2D eigenvalue weighted by Crippen LogP contribution is -2.38. The summed E-state index contributed by atoms with van der Waals surface area (Å²) in [6.45, 7) is 5.28. The second kappa shape index (κ2) is 7.61. The first-order chi connectivity index (χ1) is 12.8. The first-order valence-electron chi connectivity index (χ1n) is 8.85. The van der Waals surface area contributed by atoms with Crippen LogP contribution in [0.5, 0.6) is 0 Å². The van der Waals surface area contributed by atoms with Crippen molar-refractivity contribution in [1.29, 1.82) is 0 Å². The first kappa shape index (κ1) is 19.2. The van der Waals surface area contributed by atoms with Crippen LogP contribution in [0.25, 0.3) is 5.57 Å². The fourth-order valence-corrected chi connectivity index (χ4v) is 3.10. The normalized spacial score (nSPS) is 15.3. The van der Waals surface area contributed by atoms with Crippen molar-refractivity contribution in [2.24, 2.45) is 0 Å². The molecule has 142 valence electrons. The number of carbonyl (C=O) groups excluding carboxylic acids is 2. The number of imide groups is 1. The molecule has 5 nitrogen and oxygen atoms in total. The number of carbonyl (C=O) groups is 2. The number of amides is 2. The van der Waals surface area contributed by atoms with Crippen LogP contribution in [0.4, 0.5) is 10.5 Å². The maximum Gasteiger partial charge on any atom is 0.422 e. The van der Waals surface area contributed by atoms with E-state index in [4.69, 9.17) is 20.8 Å². The molecule has 3 rings (SSSR count). The zero-order valence-electron chi connectivity index (χ0n) is 15.6. The minimum absolute atomic E-state index is 0.384. The van der Waals surface area contributed by atoms with Crippen LogP contribution in [-0.4, -0.2) is 17.6 Å². The zero-order valence-corrected chi connectivity index (χ0v) is 16.4. The number of anilines is 1. The molecule has 0 N–H and O–H groups in total. The van der Waals surface area contributed by atoms with Gasteiger partial charge in [-0.2, -0.15) is 0 Å². The second-order valence-corrected chi connectivity index (χ2v) is 7.86. The molecule has 0 saturated heterocycles. The van der Waals surface area contributed by atoms with Gasteiger partial charge < -0.3 is 9.15 Å². The molecule has 0 fully saturated rings. The number of fused-ring (bicyclic) bond motifs is 1. The van der Waals surface area contributed by atoms with Gasteiger partial charge in [-0.15, -0.1) is 0 Å². The van der Waals surface area contributed by atoms with Gasteiger partial charge in [0.1, 0.15) is 5.60 Å². The highest BCUT2D eigenvalue weighted by molar-refractivity contribution is 6.40. The van der Waals surface area contributed by atoms with Crippen molar-refractivity contribution in [2.75, 3.05) is 4.90 Å². The highest BCUT2D eigenvalue weighted by Crippen LogP contribution is 2.39. The molecule has 1 aliphatic rings. The van der Waals surface area contributed by atoms with Crippen LogP contribution in [-0.2, 0) is 16.0 Å². The predicted octanol–water partition coefficient (Wildman–Crippen LogP) is 5.62. The van der Waals surface area contributed by atoms with E-state index in [1.54, 1.807) is 51.5 Å². The van der Waals surface area contributed by atoms with E-state index in [9.17, 15) is 9.59 Å². The number of nitrogens with zero attached hydrogens (tertiary/aromatic N) is 1. The van der Waals surface area contributed by atoms with Gasteiger partial charge in [-0.3, -0.25) is 4.79 Å². The van der Waals surface area contributed by atoms with Gasteiger partial charge in [0.15, 0.2) is 0 Å². The Kier molecular flexibility index (Phi) is 5.42. The topological polar surface area (TPSA) is 59.8 Å². The van der Waals surface area contributed by atoms with E-state index < -0.39 is 11.7 Å². The number of aryl methyl sites for hydroxylation is 1. The fraction of sp³-hybridized carbons (Fsp3) is 0.333. The van der Waals surface area contributed by atoms with Crippen molar-refractivity contribution in [3.05, 3.63) is 59.0 Å². The van der Waals surface area contributed by atoms with Gasteiger partial charge in [0.2, 0.25) is 0 Å². The van der Waals surface area contributed by atoms with Crippen LogP contribution in [0.2, 0.25) is 5.02 Å². The summed E-state index contributed by atoms with van der Waals surface area (Å²) < 4.78 is 10.5. The van der Waals surface area contributed by atoms with Crippen molar-refractivity contribution in [3.8, 4) is 0 Å². The van der Waals surface area contributed by atoms with Crippen molar-refractivity contribution in [1.82, 2.24) is 0 Å². The average molecular weight is 388 g/mol. The summed E-state index contributed by atoms with van der Waals surface area (Å²) in [6, 6.07) is 7.02. The Morgan fingerprint density at radius 1 is 1.30 bits per heavy atom. The van der Waals surface area contributed by atoms with Crippen molar-refractivity contribution < 1.29 is 18.7 Å². The molecule has 0 aliphatic carbocycles. The third-order valence-electron chi connectivity index (χ3n) is 4.10. The molecule has 27 heavy (non-hydrogen) atoms. The van der Waals surface area contributed by atoms with Crippen LogP contribution in [0.15, 0.2) is 47.3 Å². The van der Waals surface area contributed by atoms with E-state index in [1.807, 2.05) is 12.1 Å². The summed E-state index contributed by atoms with van der Waals surface area (Å²) in [5.74, 6) is -0.384. The second-order valence-electron chi connectivity index (χ2n) is 7.42. The van der Waals surface area contributed by atoms with Crippen molar-refractivity contribution in [3.63, 3.8) is 0 Å². The number of hydrogen-bond donors (Lipinski definition) is 0. The highest BCUT2D eigenvalue weighted by atomic mass is 35.5. The van der Waals surface area contributed by atoms with E-state index in [1.165, 1.54) is 0 Å². The molecule has 6 heteroatoms. The Morgan fingerprint density at radius 3 is 2.74 bits per heavy atom. The Balaban J connectivity index is 1.82. The van der Waals surface area contributed by atoms with Crippen molar-refractivity contribution >= 4 is 34.9 Å². The van der Waals surface area contributed by atoms with Crippen LogP contribution >= 0.6 is 11.6 Å². The Labute approximate surface area is 163 Å². The monoisotopic (exact) mass is 387 g/mol. The average Bonchev–Trinajstić information content (AvgIpc) is 3.16. The number of hydrogen-bond acceptors (Lipinski definition) is 4. The molecular formula is C21H22ClNO4. The molecule has 0 radical (unpaired) electrons. The molecule has 1 aromatic heterocycles. The lowest BCUT2D eigenvalue weighted by atomic mass is 10.0. The number of unbranched alkanes of at least 4 members (excludes halogenated alkanes) is 1. The summed E-state index contributed by atoms with van der Waals surface area (Å²) in [4.78, 5) is 26.6. The van der Waals surface area contributed by atoms with Gasteiger partial charge in [-0.25, -0.2) is 9.69 Å². The van der Waals surface area contributed by atoms with Gasteiger partial charge >= 0.3 is 6.09 Å². The molecule has 0 atom stereocenters. The Bertz CT molecular complexity index is 878. The number of allylic oxidation sites excluding steroid dienone is 1. The van der Waals surface area contributed by atoms with Crippen LogP contribution in [0, 0.1) is 0 Å². The number of rotatable bonds is 4. The van der Waals surface area contributed by atoms with E-state index in [-0.39, 0.29) is 5.91 Å². The van der Waals surface area contributed by atoms with E-state index >= 15 is 0 Å². The number of ether oxygens (including phenoxy) is 1. The molecule has 0 bridgehead atoms. The quantitative estimate of drug-likeness (QED) is 0.504. The van der Waals surface area contributed by atoms with E-state index in [2.05, 4.69) is 0 Å². The summed E-state index contributed by atoms with van der Waals surface area (Å²) in [5, 5.41) is 0.455. The molecule has 0 unspecified atom stereocenters. The van der Waals surface area contributed by atoms with E-state index in [0.717, 1.165) is 23.3 Å². The third-order valence-corrected chi connectivity index (χ3v) is 4.33. The van der Waals surface area contributed by atoms with Crippen molar-refractivity contribution in [2.45, 2.75) is 45.6 Å². The number of benzene rings is 1.